The van der Waals surface area contributed by atoms with Crippen molar-refractivity contribution in [2.45, 2.75) is 12.8 Å². The number of ether oxygens (including phenoxy) is 1. The lowest BCUT2D eigenvalue weighted by Gasteiger charge is -2.09. The van der Waals surface area contributed by atoms with Crippen LogP contribution < -0.4 is 9.46 Å². The van der Waals surface area contributed by atoms with Gasteiger partial charge in [0.2, 0.25) is 16.8 Å². The average Bonchev–Trinajstić information content (AvgIpc) is 2.72. The molecule has 0 unspecified atom stereocenters. The van der Waals surface area contributed by atoms with Gasteiger partial charge < -0.3 is 4.74 Å². The second kappa shape index (κ2) is 9.01. The Morgan fingerprint density at radius 2 is 1.97 bits per heavy atom. The summed E-state index contributed by atoms with van der Waals surface area (Å²) in [5.41, 5.74) is 1.01. The molecule has 7 nitrogen and oxygen atoms in total. The van der Waals surface area contributed by atoms with Gasteiger partial charge >= 0.3 is 0 Å². The molecule has 3 aromatic rings. The molecule has 0 amide bonds. The largest absolute Gasteiger partial charge is 0.480 e. The fourth-order valence-corrected chi connectivity index (χ4v) is 3.15. The predicted molar refractivity (Wildman–Crippen MR) is 103 cm³/mol. The average molecular weight is 421 g/mol. The number of methoxy groups -OCH3 is 1. The van der Waals surface area contributed by atoms with Crippen LogP contribution >= 0.6 is 0 Å². The van der Waals surface area contributed by atoms with E-state index in [0.29, 0.717) is 23.0 Å². The number of fused-ring (bicyclic) bond motifs is 1. The van der Waals surface area contributed by atoms with E-state index in [2.05, 4.69) is 14.7 Å². The quantitative estimate of drug-likeness (QED) is 0.329. The molecule has 1 heterocycles. The van der Waals surface area contributed by atoms with Gasteiger partial charge in [-0.1, -0.05) is 0 Å². The van der Waals surface area contributed by atoms with Crippen LogP contribution in [0, 0.1) is 11.6 Å². The standard InChI is InChI=1S/C19H17F2N3O4S/c1-28-17-10-22-15-5-4-12(9-16(15)24-17)19(25)13-7-11(8-14(20)18(13)21)3-2-6-23-29(26)27/h4-5,7-10,29H,2-3,6H2,1H3,(H,23,26,27). The molecule has 1 N–H and O–H groups in total. The Hall–Kier alpha value is -2.98. The molecule has 0 radical (unpaired) electrons. The molecule has 0 aliphatic carbocycles. The molecule has 0 bridgehead atoms. The van der Waals surface area contributed by atoms with Crippen molar-refractivity contribution in [3.8, 4) is 5.88 Å². The highest BCUT2D eigenvalue weighted by atomic mass is 32.2. The number of rotatable bonds is 8. The Morgan fingerprint density at radius 1 is 1.17 bits per heavy atom. The van der Waals surface area contributed by atoms with Gasteiger partial charge in [0.25, 0.3) is 0 Å². The summed E-state index contributed by atoms with van der Waals surface area (Å²) in [6.07, 6.45) is 2.07. The van der Waals surface area contributed by atoms with Crippen molar-refractivity contribution >= 4 is 27.7 Å². The minimum atomic E-state index is -2.72. The highest BCUT2D eigenvalue weighted by molar-refractivity contribution is 7.70. The highest BCUT2D eigenvalue weighted by Gasteiger charge is 2.19. The Balaban J connectivity index is 1.90. The summed E-state index contributed by atoms with van der Waals surface area (Å²) in [6, 6.07) is 6.73. The van der Waals surface area contributed by atoms with Crippen molar-refractivity contribution in [3.05, 3.63) is 64.9 Å². The molecule has 0 saturated carbocycles. The zero-order valence-corrected chi connectivity index (χ0v) is 16.2. The third-order valence-electron chi connectivity index (χ3n) is 4.21. The van der Waals surface area contributed by atoms with E-state index in [1.54, 1.807) is 6.07 Å². The van der Waals surface area contributed by atoms with Crippen LogP contribution in [-0.4, -0.2) is 37.8 Å². The van der Waals surface area contributed by atoms with Crippen LogP contribution in [0.3, 0.4) is 0 Å². The molecule has 0 aliphatic heterocycles. The van der Waals surface area contributed by atoms with E-state index in [0.717, 1.165) is 6.07 Å². The second-order valence-electron chi connectivity index (χ2n) is 6.15. The van der Waals surface area contributed by atoms with Crippen molar-refractivity contribution in [1.82, 2.24) is 14.7 Å². The summed E-state index contributed by atoms with van der Waals surface area (Å²) in [5, 5.41) is 0. The number of nitrogens with zero attached hydrogens (tertiary/aromatic N) is 2. The van der Waals surface area contributed by atoms with Gasteiger partial charge in [-0.15, -0.1) is 0 Å². The van der Waals surface area contributed by atoms with Crippen molar-refractivity contribution in [3.63, 3.8) is 0 Å². The molecule has 0 aliphatic rings. The van der Waals surface area contributed by atoms with Crippen LogP contribution in [0.5, 0.6) is 5.88 Å². The van der Waals surface area contributed by atoms with E-state index in [1.165, 1.54) is 31.5 Å². The molecular formula is C19H17F2N3O4S. The van der Waals surface area contributed by atoms with Gasteiger partial charge in [0.1, 0.15) is 0 Å². The van der Waals surface area contributed by atoms with Gasteiger partial charge in [0, 0.05) is 12.1 Å². The van der Waals surface area contributed by atoms with Gasteiger partial charge in [-0.2, -0.15) is 0 Å². The van der Waals surface area contributed by atoms with Crippen LogP contribution in [0.25, 0.3) is 11.0 Å². The molecule has 152 valence electrons. The number of hydrogen-bond donors (Lipinski definition) is 2. The monoisotopic (exact) mass is 421 g/mol. The van der Waals surface area contributed by atoms with Crippen molar-refractivity contribution in [1.29, 1.82) is 0 Å². The summed E-state index contributed by atoms with van der Waals surface area (Å²) >= 11 is 0. The Labute approximate surface area is 166 Å². The van der Waals surface area contributed by atoms with E-state index in [1.807, 2.05) is 0 Å². The smallest absolute Gasteiger partial charge is 0.232 e. The van der Waals surface area contributed by atoms with Gasteiger partial charge in [-0.05, 0) is 48.7 Å². The molecular weight excluding hydrogens is 404 g/mol. The highest BCUT2D eigenvalue weighted by Crippen LogP contribution is 2.22. The van der Waals surface area contributed by atoms with Gasteiger partial charge in [-0.3, -0.25) is 4.79 Å². The van der Waals surface area contributed by atoms with Crippen LogP contribution in [0.4, 0.5) is 8.78 Å². The minimum absolute atomic E-state index is 0.125. The minimum Gasteiger partial charge on any atom is -0.480 e. The van der Waals surface area contributed by atoms with Crippen molar-refractivity contribution in [2.24, 2.45) is 0 Å². The number of carbonyl (C=O) groups is 1. The molecule has 1 aromatic heterocycles. The number of aromatic nitrogens is 2. The lowest BCUT2D eigenvalue weighted by Crippen LogP contribution is -2.13. The number of aryl methyl sites for hydroxylation is 1. The van der Waals surface area contributed by atoms with Crippen LogP contribution in [0.1, 0.15) is 27.9 Å². The van der Waals surface area contributed by atoms with E-state index in [9.17, 15) is 22.0 Å². The maximum absolute atomic E-state index is 14.3. The number of carbonyl (C=O) groups excluding carboxylic acids is 1. The maximum atomic E-state index is 14.3. The SMILES string of the molecule is COc1cnc2ccc(C(=O)c3cc(CCCN[SH](=O)=O)cc(F)c3F)cc2n1. The van der Waals surface area contributed by atoms with Crippen LogP contribution in [-0.2, 0) is 17.3 Å². The number of ketones is 1. The van der Waals surface area contributed by atoms with Gasteiger partial charge in [0.05, 0.1) is 29.9 Å². The zero-order valence-electron chi connectivity index (χ0n) is 15.3. The summed E-state index contributed by atoms with van der Waals surface area (Å²) in [5.74, 6) is -2.82. The predicted octanol–water partition coefficient (Wildman–Crippen LogP) is 2.20. The lowest BCUT2D eigenvalue weighted by molar-refractivity contribution is 0.103. The van der Waals surface area contributed by atoms with Gasteiger partial charge in [0.15, 0.2) is 17.4 Å². The van der Waals surface area contributed by atoms with E-state index >= 15 is 0 Å². The summed E-state index contributed by atoms with van der Waals surface area (Å²) in [7, 11) is -1.29. The number of thiol groups is 1. The molecule has 3 rings (SSSR count). The summed E-state index contributed by atoms with van der Waals surface area (Å²) in [6.45, 7) is 0.159. The van der Waals surface area contributed by atoms with E-state index in [4.69, 9.17) is 4.74 Å². The molecule has 10 heteroatoms. The summed E-state index contributed by atoms with van der Waals surface area (Å²) in [4.78, 5) is 21.1. The van der Waals surface area contributed by atoms with E-state index < -0.39 is 33.9 Å². The van der Waals surface area contributed by atoms with Crippen LogP contribution in [0.15, 0.2) is 36.5 Å². The fourth-order valence-electron chi connectivity index (χ4n) is 2.81. The zero-order chi connectivity index (χ0) is 21.0. The number of nitrogens with one attached hydrogen (secondary N) is 1. The first-order chi connectivity index (χ1) is 13.9. The Bertz CT molecular complexity index is 1140. The lowest BCUT2D eigenvalue weighted by atomic mass is 9.98. The first-order valence-corrected chi connectivity index (χ1v) is 9.78. The molecule has 0 fully saturated rings. The summed E-state index contributed by atoms with van der Waals surface area (Å²) < 4.78 is 56.6. The molecule has 0 atom stereocenters. The molecule has 29 heavy (non-hydrogen) atoms. The molecule has 0 saturated heterocycles. The van der Waals surface area contributed by atoms with Crippen molar-refractivity contribution < 1.29 is 26.7 Å². The number of halogens is 2. The molecule has 2 aromatic carbocycles. The normalized spacial score (nSPS) is 11.2. The Morgan fingerprint density at radius 3 is 2.69 bits per heavy atom. The Kier molecular flexibility index (Phi) is 6.45. The number of benzene rings is 2. The molecule has 0 spiro atoms. The number of hydrogen-bond acceptors (Lipinski definition) is 6. The van der Waals surface area contributed by atoms with Crippen molar-refractivity contribution in [2.75, 3.05) is 13.7 Å². The third kappa shape index (κ3) is 4.90. The first kappa shape index (κ1) is 20.7. The van der Waals surface area contributed by atoms with E-state index in [-0.39, 0.29) is 24.4 Å². The van der Waals surface area contributed by atoms with Crippen LogP contribution in [0.2, 0.25) is 0 Å². The van der Waals surface area contributed by atoms with Gasteiger partial charge in [-0.25, -0.2) is 31.9 Å². The first-order valence-electron chi connectivity index (χ1n) is 8.60. The maximum Gasteiger partial charge on any atom is 0.232 e. The second-order valence-corrected chi connectivity index (χ2v) is 6.98. The fraction of sp³-hybridized carbons (Fsp3) is 0.211. The topological polar surface area (TPSA) is 98.2 Å². The third-order valence-corrected chi connectivity index (χ3v) is 4.69.